The maximum Gasteiger partial charge on any atom is 0.337 e. The number of hydrogen-bond donors (Lipinski definition) is 2. The molecular formula is C29H30Cl3FN2O3. The van der Waals surface area contributed by atoms with E-state index >= 15 is 0 Å². The highest BCUT2D eigenvalue weighted by atomic mass is 35.5. The molecule has 0 fully saturated rings. The molecule has 1 aliphatic heterocycles. The van der Waals surface area contributed by atoms with Crippen molar-refractivity contribution in [3.8, 4) is 0 Å². The van der Waals surface area contributed by atoms with Crippen molar-refractivity contribution in [3.05, 3.63) is 98.3 Å². The first kappa shape index (κ1) is 29.8. The van der Waals surface area contributed by atoms with Gasteiger partial charge in [-0.05, 0) is 64.8 Å². The second-order valence-corrected chi connectivity index (χ2v) is 11.3. The van der Waals surface area contributed by atoms with Gasteiger partial charge < -0.3 is 15.7 Å². The Bertz CT molecular complexity index is 1370. The number of primary amides is 1. The maximum absolute atomic E-state index is 14.8. The number of nitrogens with two attached hydrogens (primary N) is 1. The molecule has 1 aliphatic rings. The lowest BCUT2D eigenvalue weighted by molar-refractivity contribution is -0.123. The van der Waals surface area contributed by atoms with Gasteiger partial charge in [-0.3, -0.25) is 4.79 Å². The molecule has 0 aromatic heterocycles. The van der Waals surface area contributed by atoms with Crippen LogP contribution in [0.3, 0.4) is 0 Å². The molecule has 0 aliphatic carbocycles. The number of nitrogens with zero attached hydrogens (tertiary/aromatic N) is 1. The molecule has 0 spiro atoms. The highest BCUT2D eigenvalue weighted by molar-refractivity contribution is 6.31. The van der Waals surface area contributed by atoms with Crippen LogP contribution in [-0.2, 0) is 28.6 Å². The maximum atomic E-state index is 14.8. The molecule has 1 heterocycles. The van der Waals surface area contributed by atoms with Crippen molar-refractivity contribution in [2.24, 2.45) is 5.73 Å². The molecule has 5 nitrogen and oxygen atoms in total. The lowest BCUT2D eigenvalue weighted by Gasteiger charge is -2.47. The standard InChI is InChI=1S/C29H29Cl2FN2O3.ClH/c1-28(2,3)19-8-6-17(7-9-19)16-29(27(33)37,20-10-11-23(31)24(32)14-20)34-12-4-5-18-13-21(30)15-22(25(18)34)26(35)36;/h6-11,13-15H,4-5,12,16H2,1-3H3,(H2,33,37)(H,35,36);1H. The highest BCUT2D eigenvalue weighted by Crippen LogP contribution is 2.44. The van der Waals surface area contributed by atoms with Gasteiger partial charge in [0, 0.05) is 18.0 Å². The zero-order valence-electron chi connectivity index (χ0n) is 21.4. The Morgan fingerprint density at radius 1 is 1.03 bits per heavy atom. The summed E-state index contributed by atoms with van der Waals surface area (Å²) in [7, 11) is 0. The second-order valence-electron chi connectivity index (χ2n) is 10.5. The lowest BCUT2D eigenvalue weighted by Crippen LogP contribution is -2.58. The minimum atomic E-state index is -1.60. The third-order valence-electron chi connectivity index (χ3n) is 7.03. The summed E-state index contributed by atoms with van der Waals surface area (Å²) >= 11 is 12.2. The van der Waals surface area contributed by atoms with Gasteiger partial charge >= 0.3 is 5.97 Å². The van der Waals surface area contributed by atoms with E-state index in [2.05, 4.69) is 20.8 Å². The molecule has 0 saturated carbocycles. The zero-order valence-corrected chi connectivity index (χ0v) is 23.7. The normalized spacial score (nSPS) is 14.7. The summed E-state index contributed by atoms with van der Waals surface area (Å²) in [5, 5.41) is 10.3. The Morgan fingerprint density at radius 2 is 1.66 bits per heavy atom. The van der Waals surface area contributed by atoms with Crippen LogP contribution in [0.25, 0.3) is 0 Å². The average molecular weight is 580 g/mol. The van der Waals surface area contributed by atoms with Crippen molar-refractivity contribution in [2.75, 3.05) is 11.4 Å². The number of carboxylic acid groups (broad SMARTS) is 1. The van der Waals surface area contributed by atoms with Crippen LogP contribution in [0.2, 0.25) is 10.0 Å². The number of benzene rings is 3. The van der Waals surface area contributed by atoms with Gasteiger partial charge in [-0.1, -0.05) is 74.3 Å². The van der Waals surface area contributed by atoms with E-state index in [4.69, 9.17) is 28.9 Å². The summed E-state index contributed by atoms with van der Waals surface area (Å²) in [6.45, 7) is 6.66. The fraction of sp³-hybridized carbons (Fsp3) is 0.310. The molecule has 3 N–H and O–H groups in total. The first-order valence-electron chi connectivity index (χ1n) is 12.0. The van der Waals surface area contributed by atoms with Gasteiger partial charge in [0.2, 0.25) is 5.91 Å². The third kappa shape index (κ3) is 5.49. The summed E-state index contributed by atoms with van der Waals surface area (Å²) in [4.78, 5) is 27.6. The van der Waals surface area contributed by atoms with E-state index in [0.29, 0.717) is 36.2 Å². The zero-order chi connectivity index (χ0) is 27.1. The molecule has 202 valence electrons. The van der Waals surface area contributed by atoms with E-state index in [1.54, 1.807) is 17.0 Å². The first-order valence-corrected chi connectivity index (χ1v) is 12.8. The monoisotopic (exact) mass is 578 g/mol. The predicted octanol–water partition coefficient (Wildman–Crippen LogP) is 6.93. The van der Waals surface area contributed by atoms with Crippen LogP contribution >= 0.6 is 35.6 Å². The Balaban J connectivity index is 0.00000400. The van der Waals surface area contributed by atoms with Crippen molar-refractivity contribution in [2.45, 2.75) is 51.0 Å². The summed E-state index contributed by atoms with van der Waals surface area (Å²) in [5.74, 6) is -2.60. The molecule has 0 radical (unpaired) electrons. The van der Waals surface area contributed by atoms with E-state index in [9.17, 15) is 19.1 Å². The van der Waals surface area contributed by atoms with Crippen LogP contribution in [-0.4, -0.2) is 23.5 Å². The average Bonchev–Trinajstić information content (AvgIpc) is 2.83. The molecule has 3 aromatic carbocycles. The van der Waals surface area contributed by atoms with E-state index in [-0.39, 0.29) is 39.9 Å². The number of halogens is 4. The SMILES string of the molecule is CC(C)(C)c1ccc(CC(C(N)=O)(c2ccc(Cl)c(F)c2)N2CCCc3cc(Cl)cc(C(=O)O)c32)cc1.Cl. The highest BCUT2D eigenvalue weighted by Gasteiger charge is 2.47. The number of anilines is 1. The van der Waals surface area contributed by atoms with Gasteiger partial charge in [0.15, 0.2) is 0 Å². The fourth-order valence-electron chi connectivity index (χ4n) is 5.14. The van der Waals surface area contributed by atoms with Crippen LogP contribution in [0.15, 0.2) is 54.6 Å². The Labute approximate surface area is 238 Å². The molecule has 0 saturated heterocycles. The summed E-state index contributed by atoms with van der Waals surface area (Å²) in [6, 6.07) is 15.1. The van der Waals surface area contributed by atoms with Crippen LogP contribution < -0.4 is 10.6 Å². The largest absolute Gasteiger partial charge is 0.478 e. The topological polar surface area (TPSA) is 83.6 Å². The number of carbonyl (C=O) groups excluding carboxylic acids is 1. The van der Waals surface area contributed by atoms with Gasteiger partial charge in [-0.15, -0.1) is 12.4 Å². The smallest absolute Gasteiger partial charge is 0.337 e. The number of amides is 1. The van der Waals surface area contributed by atoms with E-state index in [0.717, 1.165) is 11.1 Å². The van der Waals surface area contributed by atoms with E-state index < -0.39 is 23.2 Å². The Morgan fingerprint density at radius 3 is 2.21 bits per heavy atom. The minimum absolute atomic E-state index is 0. The lowest BCUT2D eigenvalue weighted by atomic mass is 9.78. The number of fused-ring (bicyclic) bond motifs is 1. The van der Waals surface area contributed by atoms with Crippen molar-refractivity contribution < 1.29 is 19.1 Å². The van der Waals surface area contributed by atoms with Gasteiger partial charge in [0.05, 0.1) is 16.3 Å². The van der Waals surface area contributed by atoms with Crippen LogP contribution in [0.5, 0.6) is 0 Å². The number of hydrogen-bond acceptors (Lipinski definition) is 3. The van der Waals surface area contributed by atoms with Crippen LogP contribution in [0, 0.1) is 5.82 Å². The van der Waals surface area contributed by atoms with Gasteiger partial charge in [-0.25, -0.2) is 9.18 Å². The molecule has 1 amide bonds. The minimum Gasteiger partial charge on any atom is -0.478 e. The molecule has 3 aromatic rings. The first-order chi connectivity index (χ1) is 17.3. The summed E-state index contributed by atoms with van der Waals surface area (Å²) < 4.78 is 14.8. The van der Waals surface area contributed by atoms with Crippen LogP contribution in [0.4, 0.5) is 10.1 Å². The Hall–Kier alpha value is -2.80. The quantitative estimate of drug-likeness (QED) is 0.332. The number of rotatable bonds is 6. The summed E-state index contributed by atoms with van der Waals surface area (Å²) in [5.41, 5.74) is 7.73. The van der Waals surface area contributed by atoms with Gasteiger partial charge in [-0.2, -0.15) is 0 Å². The Kier molecular flexibility index (Phi) is 8.71. The third-order valence-corrected chi connectivity index (χ3v) is 7.55. The molecular weight excluding hydrogens is 550 g/mol. The summed E-state index contributed by atoms with van der Waals surface area (Å²) in [6.07, 6.45) is 1.30. The van der Waals surface area contributed by atoms with Crippen molar-refractivity contribution in [3.63, 3.8) is 0 Å². The second kappa shape index (κ2) is 11.1. The molecule has 38 heavy (non-hydrogen) atoms. The van der Waals surface area contributed by atoms with Crippen molar-refractivity contribution in [1.29, 1.82) is 0 Å². The number of carbonyl (C=O) groups is 2. The molecule has 1 atom stereocenters. The number of carboxylic acids is 1. The predicted molar refractivity (Wildman–Crippen MR) is 152 cm³/mol. The molecule has 4 rings (SSSR count). The number of aromatic carboxylic acids is 1. The van der Waals surface area contributed by atoms with Crippen LogP contribution in [0.1, 0.15) is 59.8 Å². The van der Waals surface area contributed by atoms with Gasteiger partial charge in [0.25, 0.3) is 0 Å². The van der Waals surface area contributed by atoms with Gasteiger partial charge in [0.1, 0.15) is 11.4 Å². The van der Waals surface area contributed by atoms with Crippen molar-refractivity contribution >= 4 is 53.2 Å². The molecule has 0 bridgehead atoms. The van der Waals surface area contributed by atoms with E-state index in [1.165, 1.54) is 18.2 Å². The van der Waals surface area contributed by atoms with E-state index in [1.807, 2.05) is 24.3 Å². The number of aryl methyl sites for hydroxylation is 1. The molecule has 1 unspecified atom stereocenters. The fourth-order valence-corrected chi connectivity index (χ4v) is 5.49. The molecule has 9 heteroatoms. The van der Waals surface area contributed by atoms with Crippen molar-refractivity contribution in [1.82, 2.24) is 0 Å².